The molecule has 112 valence electrons. The third kappa shape index (κ3) is 4.27. The van der Waals surface area contributed by atoms with Gasteiger partial charge in [0.1, 0.15) is 11.6 Å². The lowest BCUT2D eigenvalue weighted by Crippen LogP contribution is -2.46. The molecule has 3 heteroatoms. The minimum absolute atomic E-state index is 0.307. The molecule has 1 saturated carbocycles. The maximum atomic E-state index is 13.3. The molecule has 0 radical (unpaired) electrons. The Morgan fingerprint density at radius 3 is 2.50 bits per heavy atom. The van der Waals surface area contributed by atoms with Crippen LogP contribution in [0.5, 0.6) is 0 Å². The molecule has 1 aliphatic rings. The standard InChI is InChI=1S/C17H25F2N/c1-12(2)6-13-4-3-5-17(20,10-13)11-14-7-15(18)9-16(19)8-14/h7-9,12-13H,3-6,10-11,20H2,1-2H3. The number of rotatable bonds is 4. The Morgan fingerprint density at radius 1 is 1.25 bits per heavy atom. The van der Waals surface area contributed by atoms with Gasteiger partial charge in [0.25, 0.3) is 0 Å². The first-order chi connectivity index (χ1) is 9.36. The summed E-state index contributed by atoms with van der Waals surface area (Å²) in [6.07, 6.45) is 6.01. The van der Waals surface area contributed by atoms with Gasteiger partial charge in [-0.2, -0.15) is 0 Å². The van der Waals surface area contributed by atoms with Gasteiger partial charge in [-0.05, 0) is 55.2 Å². The molecule has 0 aromatic heterocycles. The molecule has 1 aromatic carbocycles. The topological polar surface area (TPSA) is 26.0 Å². The predicted molar refractivity (Wildman–Crippen MR) is 78.4 cm³/mol. The molecular weight excluding hydrogens is 256 g/mol. The molecule has 2 atom stereocenters. The quantitative estimate of drug-likeness (QED) is 0.867. The van der Waals surface area contributed by atoms with Gasteiger partial charge in [-0.3, -0.25) is 0 Å². The van der Waals surface area contributed by atoms with Crippen molar-refractivity contribution in [2.45, 2.75) is 57.9 Å². The zero-order valence-corrected chi connectivity index (χ0v) is 12.5. The second-order valence-electron chi connectivity index (χ2n) is 6.91. The summed E-state index contributed by atoms with van der Waals surface area (Å²) in [5, 5.41) is 0. The van der Waals surface area contributed by atoms with Crippen LogP contribution < -0.4 is 5.73 Å². The zero-order valence-electron chi connectivity index (χ0n) is 12.5. The van der Waals surface area contributed by atoms with E-state index in [-0.39, 0.29) is 5.54 Å². The third-order valence-electron chi connectivity index (χ3n) is 4.27. The van der Waals surface area contributed by atoms with Crippen LogP contribution in [0.3, 0.4) is 0 Å². The highest BCUT2D eigenvalue weighted by atomic mass is 19.1. The Morgan fingerprint density at radius 2 is 1.90 bits per heavy atom. The second kappa shape index (κ2) is 6.21. The van der Waals surface area contributed by atoms with Crippen molar-refractivity contribution in [2.24, 2.45) is 17.6 Å². The van der Waals surface area contributed by atoms with Gasteiger partial charge >= 0.3 is 0 Å². The molecule has 1 fully saturated rings. The number of nitrogens with two attached hydrogens (primary N) is 1. The zero-order chi connectivity index (χ0) is 14.8. The largest absolute Gasteiger partial charge is 0.325 e. The Labute approximate surface area is 120 Å². The van der Waals surface area contributed by atoms with Gasteiger partial charge in [-0.1, -0.05) is 26.7 Å². The number of hydrogen-bond donors (Lipinski definition) is 1. The first-order valence-corrected chi connectivity index (χ1v) is 7.60. The minimum Gasteiger partial charge on any atom is -0.325 e. The maximum absolute atomic E-state index is 13.3. The van der Waals surface area contributed by atoms with Crippen molar-refractivity contribution in [1.29, 1.82) is 0 Å². The summed E-state index contributed by atoms with van der Waals surface area (Å²) >= 11 is 0. The van der Waals surface area contributed by atoms with Crippen LogP contribution in [0.2, 0.25) is 0 Å². The molecule has 2 rings (SSSR count). The van der Waals surface area contributed by atoms with Gasteiger partial charge in [0.05, 0.1) is 0 Å². The van der Waals surface area contributed by atoms with Crippen LogP contribution in [0.25, 0.3) is 0 Å². The van der Waals surface area contributed by atoms with Crippen LogP contribution in [0.4, 0.5) is 8.78 Å². The van der Waals surface area contributed by atoms with E-state index in [1.165, 1.54) is 25.0 Å². The summed E-state index contributed by atoms with van der Waals surface area (Å²) < 4.78 is 26.5. The minimum atomic E-state index is -0.516. The van der Waals surface area contributed by atoms with E-state index in [1.807, 2.05) is 0 Å². The van der Waals surface area contributed by atoms with Crippen LogP contribution in [0.1, 0.15) is 51.5 Å². The summed E-state index contributed by atoms with van der Waals surface area (Å²) in [6.45, 7) is 4.46. The highest BCUT2D eigenvalue weighted by Crippen LogP contribution is 2.36. The van der Waals surface area contributed by atoms with Gasteiger partial charge < -0.3 is 5.73 Å². The van der Waals surface area contributed by atoms with Gasteiger partial charge in [0.15, 0.2) is 0 Å². The van der Waals surface area contributed by atoms with Crippen molar-refractivity contribution in [3.8, 4) is 0 Å². The van der Waals surface area contributed by atoms with Crippen LogP contribution >= 0.6 is 0 Å². The van der Waals surface area contributed by atoms with Crippen LogP contribution in [0.15, 0.2) is 18.2 Å². The summed E-state index contributed by atoms with van der Waals surface area (Å²) in [6, 6.07) is 3.72. The summed E-state index contributed by atoms with van der Waals surface area (Å²) in [7, 11) is 0. The molecule has 1 aromatic rings. The van der Waals surface area contributed by atoms with Crippen molar-refractivity contribution >= 4 is 0 Å². The lowest BCUT2D eigenvalue weighted by Gasteiger charge is -2.39. The van der Waals surface area contributed by atoms with Gasteiger partial charge in [0, 0.05) is 11.6 Å². The van der Waals surface area contributed by atoms with Crippen molar-refractivity contribution in [3.05, 3.63) is 35.4 Å². The van der Waals surface area contributed by atoms with Crippen molar-refractivity contribution in [3.63, 3.8) is 0 Å². The average Bonchev–Trinajstić information content (AvgIpc) is 2.25. The van der Waals surface area contributed by atoms with Gasteiger partial charge in [0.2, 0.25) is 0 Å². The molecule has 0 spiro atoms. The number of hydrogen-bond acceptors (Lipinski definition) is 1. The van der Waals surface area contributed by atoms with E-state index in [4.69, 9.17) is 5.73 Å². The van der Waals surface area contributed by atoms with Crippen molar-refractivity contribution in [1.82, 2.24) is 0 Å². The monoisotopic (exact) mass is 281 g/mol. The normalized spacial score (nSPS) is 27.0. The maximum Gasteiger partial charge on any atom is 0.126 e. The molecular formula is C17H25F2N. The van der Waals surface area contributed by atoms with E-state index in [1.54, 1.807) is 0 Å². The average molecular weight is 281 g/mol. The lowest BCUT2D eigenvalue weighted by atomic mass is 9.71. The van der Waals surface area contributed by atoms with Crippen LogP contribution in [-0.4, -0.2) is 5.54 Å². The van der Waals surface area contributed by atoms with Crippen molar-refractivity contribution in [2.75, 3.05) is 0 Å². The Hall–Kier alpha value is -0.960. The SMILES string of the molecule is CC(C)CC1CCCC(N)(Cc2cc(F)cc(F)c2)C1. The highest BCUT2D eigenvalue weighted by Gasteiger charge is 2.33. The third-order valence-corrected chi connectivity index (χ3v) is 4.27. The van der Waals surface area contributed by atoms with E-state index in [0.717, 1.165) is 25.3 Å². The van der Waals surface area contributed by atoms with Gasteiger partial charge in [-0.15, -0.1) is 0 Å². The fraction of sp³-hybridized carbons (Fsp3) is 0.647. The number of benzene rings is 1. The molecule has 2 N–H and O–H groups in total. The van der Waals surface area contributed by atoms with Gasteiger partial charge in [-0.25, -0.2) is 8.78 Å². The smallest absolute Gasteiger partial charge is 0.126 e. The molecule has 0 amide bonds. The van der Waals surface area contributed by atoms with E-state index in [0.29, 0.717) is 23.8 Å². The van der Waals surface area contributed by atoms with Crippen molar-refractivity contribution < 1.29 is 8.78 Å². The number of halogens is 2. The van der Waals surface area contributed by atoms with E-state index >= 15 is 0 Å². The molecule has 20 heavy (non-hydrogen) atoms. The lowest BCUT2D eigenvalue weighted by molar-refractivity contribution is 0.200. The molecule has 0 saturated heterocycles. The molecule has 0 heterocycles. The van der Waals surface area contributed by atoms with E-state index in [9.17, 15) is 8.78 Å². The van der Waals surface area contributed by atoms with E-state index in [2.05, 4.69) is 13.8 Å². The molecule has 1 nitrogen and oxygen atoms in total. The van der Waals surface area contributed by atoms with E-state index < -0.39 is 11.6 Å². The first-order valence-electron chi connectivity index (χ1n) is 7.60. The summed E-state index contributed by atoms with van der Waals surface area (Å²) in [4.78, 5) is 0. The fourth-order valence-corrected chi connectivity index (χ4v) is 3.67. The first kappa shape index (κ1) is 15.4. The molecule has 1 aliphatic carbocycles. The Balaban J connectivity index is 2.06. The molecule has 2 unspecified atom stereocenters. The fourth-order valence-electron chi connectivity index (χ4n) is 3.67. The van der Waals surface area contributed by atoms with Crippen LogP contribution in [-0.2, 0) is 6.42 Å². The Kier molecular flexibility index (Phi) is 4.79. The summed E-state index contributed by atoms with van der Waals surface area (Å²) in [5.41, 5.74) is 6.88. The predicted octanol–water partition coefficient (Wildman–Crippen LogP) is 4.44. The molecule has 0 bridgehead atoms. The Bertz CT molecular complexity index is 438. The van der Waals surface area contributed by atoms with Crippen LogP contribution in [0, 0.1) is 23.5 Å². The second-order valence-corrected chi connectivity index (χ2v) is 6.91. The molecule has 0 aliphatic heterocycles. The highest BCUT2D eigenvalue weighted by molar-refractivity contribution is 5.20. The summed E-state index contributed by atoms with van der Waals surface area (Å²) in [5.74, 6) is 0.289.